The van der Waals surface area contributed by atoms with Crippen molar-refractivity contribution in [3.63, 3.8) is 0 Å². The van der Waals surface area contributed by atoms with Crippen LogP contribution in [-0.4, -0.2) is 30.7 Å². The lowest BCUT2D eigenvalue weighted by atomic mass is 10.2. The number of nitrogens with one attached hydrogen (secondary N) is 1. The van der Waals surface area contributed by atoms with Crippen LogP contribution in [-0.2, 0) is 0 Å². The Labute approximate surface area is 139 Å². The number of fused-ring (bicyclic) bond motifs is 1. The molecule has 0 saturated carbocycles. The minimum absolute atomic E-state index is 0.336. The van der Waals surface area contributed by atoms with Crippen molar-refractivity contribution in [2.24, 2.45) is 0 Å². The quantitative estimate of drug-likeness (QED) is 0.802. The van der Waals surface area contributed by atoms with E-state index in [1.165, 1.54) is 0 Å². The van der Waals surface area contributed by atoms with Gasteiger partial charge in [0.1, 0.15) is 5.82 Å². The van der Waals surface area contributed by atoms with Crippen molar-refractivity contribution in [1.82, 2.24) is 9.55 Å². The highest BCUT2D eigenvalue weighted by atomic mass is 35.5. The zero-order valence-corrected chi connectivity index (χ0v) is 13.9. The average molecular weight is 329 g/mol. The summed E-state index contributed by atoms with van der Waals surface area (Å²) in [5.41, 5.74) is 2.05. The average Bonchev–Trinajstić information content (AvgIpc) is 2.53. The van der Waals surface area contributed by atoms with Crippen LogP contribution in [0.4, 0.5) is 11.5 Å². The summed E-state index contributed by atoms with van der Waals surface area (Å²) < 4.78 is 1.58. The topological polar surface area (TPSA) is 50.2 Å². The van der Waals surface area contributed by atoms with E-state index in [2.05, 4.69) is 10.3 Å². The number of hydrogen-bond donors (Lipinski definition) is 1. The third kappa shape index (κ3) is 2.75. The molecular formula is C17H17ClN4O. The third-order valence-electron chi connectivity index (χ3n) is 3.65. The highest BCUT2D eigenvalue weighted by Gasteiger charge is 2.14. The van der Waals surface area contributed by atoms with E-state index in [1.54, 1.807) is 16.7 Å². The van der Waals surface area contributed by atoms with E-state index >= 15 is 0 Å². The number of hydrogen-bond acceptors (Lipinski definition) is 4. The number of rotatable bonds is 3. The van der Waals surface area contributed by atoms with E-state index in [0.717, 1.165) is 22.3 Å². The Morgan fingerprint density at radius 3 is 2.65 bits per heavy atom. The molecule has 0 atom stereocenters. The van der Waals surface area contributed by atoms with Gasteiger partial charge in [-0.3, -0.25) is 4.57 Å². The largest absolute Gasteiger partial charge is 0.388 e. The van der Waals surface area contributed by atoms with Crippen molar-refractivity contribution in [2.45, 2.75) is 0 Å². The zero-order chi connectivity index (χ0) is 16.6. The number of halogens is 1. The SMILES string of the molecule is CNc1cccc(-n2c(=O)nc(N(C)C)c3ccc(Cl)cc32)c1. The van der Waals surface area contributed by atoms with Gasteiger partial charge in [-0.2, -0.15) is 4.98 Å². The summed E-state index contributed by atoms with van der Waals surface area (Å²) in [4.78, 5) is 18.7. The van der Waals surface area contributed by atoms with Gasteiger partial charge in [0.05, 0.1) is 11.2 Å². The number of aromatic nitrogens is 2. The van der Waals surface area contributed by atoms with Gasteiger partial charge >= 0.3 is 5.69 Å². The van der Waals surface area contributed by atoms with Crippen molar-refractivity contribution in [2.75, 3.05) is 31.4 Å². The molecule has 118 valence electrons. The van der Waals surface area contributed by atoms with Crippen molar-refractivity contribution < 1.29 is 0 Å². The first-order valence-electron chi connectivity index (χ1n) is 7.19. The summed E-state index contributed by atoms with van der Waals surface area (Å²) in [5.74, 6) is 0.627. The van der Waals surface area contributed by atoms with E-state index in [1.807, 2.05) is 56.4 Å². The minimum atomic E-state index is -0.336. The van der Waals surface area contributed by atoms with E-state index in [-0.39, 0.29) is 5.69 Å². The molecule has 0 amide bonds. The lowest BCUT2D eigenvalue weighted by Crippen LogP contribution is -2.25. The Hall–Kier alpha value is -2.53. The van der Waals surface area contributed by atoms with Gasteiger partial charge in [0.25, 0.3) is 0 Å². The Bertz CT molecular complexity index is 934. The lowest BCUT2D eigenvalue weighted by molar-refractivity contribution is 0.936. The molecular weight excluding hydrogens is 312 g/mol. The van der Waals surface area contributed by atoms with Crippen LogP contribution in [0.15, 0.2) is 47.3 Å². The van der Waals surface area contributed by atoms with Crippen LogP contribution in [0.25, 0.3) is 16.6 Å². The monoisotopic (exact) mass is 328 g/mol. The molecule has 5 nitrogen and oxygen atoms in total. The molecule has 0 spiro atoms. The van der Waals surface area contributed by atoms with Gasteiger partial charge < -0.3 is 10.2 Å². The Balaban J connectivity index is 2.41. The molecule has 1 N–H and O–H groups in total. The molecule has 6 heteroatoms. The van der Waals surface area contributed by atoms with Gasteiger partial charge in [-0.05, 0) is 36.4 Å². The number of benzene rings is 2. The standard InChI is InChI=1S/C17H17ClN4O/c1-19-12-5-4-6-13(10-12)22-15-9-11(18)7-8-14(15)16(21(2)3)20-17(22)23/h4-10,19H,1-3H3. The first-order chi connectivity index (χ1) is 11.0. The van der Waals surface area contributed by atoms with Crippen LogP contribution in [0, 0.1) is 0 Å². The fourth-order valence-electron chi connectivity index (χ4n) is 2.57. The maximum Gasteiger partial charge on any atom is 0.354 e. The molecule has 3 rings (SSSR count). The molecule has 0 radical (unpaired) electrons. The second-order valence-corrected chi connectivity index (χ2v) is 5.85. The first-order valence-corrected chi connectivity index (χ1v) is 7.57. The van der Waals surface area contributed by atoms with Crippen LogP contribution < -0.4 is 15.9 Å². The van der Waals surface area contributed by atoms with Gasteiger partial charge in [0, 0.05) is 37.2 Å². The van der Waals surface area contributed by atoms with Gasteiger partial charge in [0.15, 0.2) is 0 Å². The highest BCUT2D eigenvalue weighted by molar-refractivity contribution is 6.31. The molecule has 23 heavy (non-hydrogen) atoms. The van der Waals surface area contributed by atoms with Crippen LogP contribution in [0.1, 0.15) is 0 Å². The Kier molecular flexibility index (Phi) is 3.96. The van der Waals surface area contributed by atoms with E-state index in [0.29, 0.717) is 10.8 Å². The molecule has 0 bridgehead atoms. The van der Waals surface area contributed by atoms with Crippen molar-refractivity contribution in [3.8, 4) is 5.69 Å². The molecule has 0 fully saturated rings. The molecule has 3 aromatic rings. The molecule has 0 aliphatic rings. The van der Waals surface area contributed by atoms with Crippen LogP contribution in [0.5, 0.6) is 0 Å². The predicted molar refractivity (Wildman–Crippen MR) is 96.2 cm³/mol. The summed E-state index contributed by atoms with van der Waals surface area (Å²) >= 11 is 6.16. The Morgan fingerprint density at radius 2 is 1.96 bits per heavy atom. The predicted octanol–water partition coefficient (Wildman–Crippen LogP) is 3.15. The number of anilines is 2. The normalized spacial score (nSPS) is 10.8. The highest BCUT2D eigenvalue weighted by Crippen LogP contribution is 2.27. The van der Waals surface area contributed by atoms with Crippen molar-refractivity contribution in [1.29, 1.82) is 0 Å². The zero-order valence-electron chi connectivity index (χ0n) is 13.2. The summed E-state index contributed by atoms with van der Waals surface area (Å²) in [6.07, 6.45) is 0. The minimum Gasteiger partial charge on any atom is -0.388 e. The fraction of sp³-hybridized carbons (Fsp3) is 0.176. The van der Waals surface area contributed by atoms with E-state index < -0.39 is 0 Å². The second kappa shape index (κ2) is 5.93. The summed E-state index contributed by atoms with van der Waals surface area (Å²) in [7, 11) is 5.56. The van der Waals surface area contributed by atoms with Crippen LogP contribution in [0.2, 0.25) is 5.02 Å². The van der Waals surface area contributed by atoms with Gasteiger partial charge in [-0.1, -0.05) is 17.7 Å². The van der Waals surface area contributed by atoms with Gasteiger partial charge in [-0.15, -0.1) is 0 Å². The second-order valence-electron chi connectivity index (χ2n) is 5.41. The summed E-state index contributed by atoms with van der Waals surface area (Å²) in [5, 5.41) is 4.52. The summed E-state index contributed by atoms with van der Waals surface area (Å²) in [6.45, 7) is 0. The molecule has 1 heterocycles. The number of nitrogens with zero attached hydrogens (tertiary/aromatic N) is 3. The molecule has 0 aliphatic heterocycles. The van der Waals surface area contributed by atoms with Crippen molar-refractivity contribution in [3.05, 3.63) is 58.0 Å². The molecule has 1 aromatic heterocycles. The Morgan fingerprint density at radius 1 is 1.17 bits per heavy atom. The van der Waals surface area contributed by atoms with E-state index in [4.69, 9.17) is 11.6 Å². The molecule has 0 aliphatic carbocycles. The first kappa shape index (κ1) is 15.4. The smallest absolute Gasteiger partial charge is 0.354 e. The molecule has 0 unspecified atom stereocenters. The van der Waals surface area contributed by atoms with E-state index in [9.17, 15) is 4.79 Å². The third-order valence-corrected chi connectivity index (χ3v) is 3.89. The lowest BCUT2D eigenvalue weighted by Gasteiger charge is -2.17. The molecule has 0 saturated heterocycles. The van der Waals surface area contributed by atoms with Crippen LogP contribution >= 0.6 is 11.6 Å². The van der Waals surface area contributed by atoms with Crippen molar-refractivity contribution >= 4 is 34.0 Å². The maximum atomic E-state index is 12.6. The summed E-state index contributed by atoms with van der Waals surface area (Å²) in [6, 6.07) is 13.1. The van der Waals surface area contributed by atoms with Crippen LogP contribution in [0.3, 0.4) is 0 Å². The van der Waals surface area contributed by atoms with Gasteiger partial charge in [0.2, 0.25) is 0 Å². The maximum absolute atomic E-state index is 12.6. The fourth-order valence-corrected chi connectivity index (χ4v) is 2.74. The van der Waals surface area contributed by atoms with Gasteiger partial charge in [-0.25, -0.2) is 4.79 Å². The molecule has 2 aromatic carbocycles.